The SMILES string of the molecule is CC(C)(C)OC(=O)C[C@@H](NC(=O)c1cccn(Cc2ccc(F)c(F)c2)c1=O)c1nnc(-c2c[nH]c3ncccc23)o1. The molecule has 5 aromatic rings. The van der Waals surface area contributed by atoms with E-state index < -0.39 is 40.7 Å². The number of carbonyl (C=O) groups excluding carboxylic acids is 2. The first-order valence-electron chi connectivity index (χ1n) is 12.9. The summed E-state index contributed by atoms with van der Waals surface area (Å²) in [6.07, 6.45) is 4.33. The Bertz CT molecular complexity index is 1840. The van der Waals surface area contributed by atoms with Gasteiger partial charge in [0.05, 0.1) is 18.5 Å². The number of halogens is 2. The van der Waals surface area contributed by atoms with Crippen LogP contribution >= 0.6 is 0 Å². The van der Waals surface area contributed by atoms with Gasteiger partial charge in [0.25, 0.3) is 11.5 Å². The largest absolute Gasteiger partial charge is 0.460 e. The first-order valence-corrected chi connectivity index (χ1v) is 12.9. The number of benzene rings is 1. The molecule has 42 heavy (non-hydrogen) atoms. The van der Waals surface area contributed by atoms with Gasteiger partial charge in [-0.05, 0) is 62.7 Å². The van der Waals surface area contributed by atoms with E-state index in [1.165, 1.54) is 29.0 Å². The van der Waals surface area contributed by atoms with Crippen LogP contribution in [-0.4, -0.2) is 42.2 Å². The number of H-pyrrole nitrogens is 1. The molecule has 1 atom stereocenters. The smallest absolute Gasteiger partial charge is 0.308 e. The second-order valence-corrected chi connectivity index (χ2v) is 10.5. The van der Waals surface area contributed by atoms with Crippen LogP contribution in [0.1, 0.15) is 55.0 Å². The molecule has 0 saturated carbocycles. The molecule has 0 saturated heterocycles. The molecular formula is C29H26F2N6O5. The van der Waals surface area contributed by atoms with Crippen molar-refractivity contribution in [2.45, 2.75) is 45.4 Å². The van der Waals surface area contributed by atoms with Crippen molar-refractivity contribution in [1.29, 1.82) is 0 Å². The molecule has 4 aromatic heterocycles. The third-order valence-electron chi connectivity index (χ3n) is 6.12. The van der Waals surface area contributed by atoms with Crippen molar-refractivity contribution in [3.05, 3.63) is 100 Å². The summed E-state index contributed by atoms with van der Waals surface area (Å²) in [7, 11) is 0. The molecule has 1 amide bonds. The van der Waals surface area contributed by atoms with E-state index in [1.807, 2.05) is 6.07 Å². The number of rotatable bonds is 8. The Balaban J connectivity index is 1.43. The molecule has 216 valence electrons. The van der Waals surface area contributed by atoms with Crippen molar-refractivity contribution >= 4 is 22.9 Å². The van der Waals surface area contributed by atoms with E-state index in [0.29, 0.717) is 16.8 Å². The predicted molar refractivity (Wildman–Crippen MR) is 146 cm³/mol. The molecule has 0 fully saturated rings. The maximum absolute atomic E-state index is 13.7. The average molecular weight is 577 g/mol. The van der Waals surface area contributed by atoms with Crippen LogP contribution in [0.5, 0.6) is 0 Å². The van der Waals surface area contributed by atoms with Gasteiger partial charge in [-0.15, -0.1) is 10.2 Å². The zero-order chi connectivity index (χ0) is 30.0. The Hall–Kier alpha value is -5.20. The fourth-order valence-corrected chi connectivity index (χ4v) is 4.27. The first kappa shape index (κ1) is 28.3. The average Bonchev–Trinajstić information content (AvgIpc) is 3.58. The topological polar surface area (TPSA) is 145 Å². The van der Waals surface area contributed by atoms with E-state index >= 15 is 0 Å². The number of aromatic amines is 1. The van der Waals surface area contributed by atoms with Crippen molar-refractivity contribution in [2.75, 3.05) is 0 Å². The minimum absolute atomic E-state index is 0.0829. The number of carbonyl (C=O) groups is 2. The zero-order valence-corrected chi connectivity index (χ0v) is 22.9. The fourth-order valence-electron chi connectivity index (χ4n) is 4.27. The van der Waals surface area contributed by atoms with Crippen molar-refractivity contribution in [1.82, 2.24) is 30.0 Å². The van der Waals surface area contributed by atoms with Crippen molar-refractivity contribution in [2.24, 2.45) is 0 Å². The number of aromatic nitrogens is 5. The van der Waals surface area contributed by atoms with E-state index in [4.69, 9.17) is 9.15 Å². The maximum Gasteiger partial charge on any atom is 0.308 e. The monoisotopic (exact) mass is 576 g/mol. The Morgan fingerprint density at radius 2 is 1.93 bits per heavy atom. The zero-order valence-electron chi connectivity index (χ0n) is 22.9. The number of pyridine rings is 2. The maximum atomic E-state index is 13.7. The predicted octanol–water partition coefficient (Wildman–Crippen LogP) is 4.30. The summed E-state index contributed by atoms with van der Waals surface area (Å²) in [6, 6.07) is 8.47. The van der Waals surface area contributed by atoms with E-state index in [1.54, 1.807) is 39.2 Å². The number of nitrogens with one attached hydrogen (secondary N) is 2. The molecule has 11 nitrogen and oxygen atoms in total. The van der Waals surface area contributed by atoms with Crippen molar-refractivity contribution < 1.29 is 27.5 Å². The Labute approximate surface area is 237 Å². The molecule has 0 aliphatic rings. The van der Waals surface area contributed by atoms with Gasteiger partial charge in [0.15, 0.2) is 11.6 Å². The lowest BCUT2D eigenvalue weighted by Crippen LogP contribution is -2.37. The highest BCUT2D eigenvalue weighted by molar-refractivity contribution is 5.94. The molecule has 0 radical (unpaired) electrons. The molecular weight excluding hydrogens is 550 g/mol. The van der Waals surface area contributed by atoms with Crippen LogP contribution in [0.3, 0.4) is 0 Å². The number of fused-ring (bicyclic) bond motifs is 1. The van der Waals surface area contributed by atoms with Crippen LogP contribution in [0.15, 0.2) is 70.3 Å². The van der Waals surface area contributed by atoms with Gasteiger partial charge in [-0.2, -0.15) is 0 Å². The molecule has 0 unspecified atom stereocenters. The van der Waals surface area contributed by atoms with Gasteiger partial charge in [0.2, 0.25) is 11.8 Å². The summed E-state index contributed by atoms with van der Waals surface area (Å²) < 4.78 is 39.5. The Morgan fingerprint density at radius 1 is 1.12 bits per heavy atom. The highest BCUT2D eigenvalue weighted by atomic mass is 19.2. The molecule has 0 aliphatic heterocycles. The molecule has 2 N–H and O–H groups in total. The lowest BCUT2D eigenvalue weighted by atomic mass is 10.1. The van der Waals surface area contributed by atoms with E-state index in [9.17, 15) is 23.2 Å². The van der Waals surface area contributed by atoms with E-state index in [0.717, 1.165) is 17.5 Å². The Kier molecular flexibility index (Phi) is 7.66. The van der Waals surface area contributed by atoms with Crippen LogP contribution in [0.4, 0.5) is 8.78 Å². The van der Waals surface area contributed by atoms with Gasteiger partial charge in [0.1, 0.15) is 22.9 Å². The standard InChI is InChI=1S/C29H26F2N6O5/c1-29(2,3)42-23(38)13-22(27-36-35-26(41-27)19-14-33-24-17(19)6-4-10-32-24)34-25(39)18-7-5-11-37(28(18)40)15-16-8-9-20(30)21(31)12-16/h4-12,14,22H,13,15H2,1-3H3,(H,32,33)(H,34,39)/t22-/m1/s1. The minimum atomic E-state index is -1.14. The van der Waals surface area contributed by atoms with Crippen LogP contribution in [-0.2, 0) is 16.1 Å². The van der Waals surface area contributed by atoms with Gasteiger partial charge in [-0.25, -0.2) is 13.8 Å². The molecule has 5 rings (SSSR count). The summed E-state index contributed by atoms with van der Waals surface area (Å²) in [4.78, 5) is 46.5. The summed E-state index contributed by atoms with van der Waals surface area (Å²) in [6.45, 7) is 5.00. The van der Waals surface area contributed by atoms with E-state index in [-0.39, 0.29) is 30.3 Å². The van der Waals surface area contributed by atoms with Gasteiger partial charge >= 0.3 is 5.97 Å². The fraction of sp³-hybridized carbons (Fsp3) is 0.241. The third-order valence-corrected chi connectivity index (χ3v) is 6.12. The number of esters is 1. The number of nitrogens with zero attached hydrogens (tertiary/aromatic N) is 4. The molecule has 4 heterocycles. The van der Waals surface area contributed by atoms with Gasteiger partial charge < -0.3 is 24.0 Å². The van der Waals surface area contributed by atoms with Gasteiger partial charge in [-0.1, -0.05) is 6.07 Å². The quantitative estimate of drug-likeness (QED) is 0.260. The minimum Gasteiger partial charge on any atom is -0.460 e. The van der Waals surface area contributed by atoms with Crippen LogP contribution in [0, 0.1) is 11.6 Å². The summed E-state index contributed by atoms with van der Waals surface area (Å²) in [5, 5.41) is 11.5. The molecule has 13 heteroatoms. The second-order valence-electron chi connectivity index (χ2n) is 10.5. The van der Waals surface area contributed by atoms with Crippen LogP contribution in [0.2, 0.25) is 0 Å². The summed E-state index contributed by atoms with van der Waals surface area (Å²) in [5.41, 5.74) is -0.237. The van der Waals surface area contributed by atoms with E-state index in [2.05, 4.69) is 25.5 Å². The van der Waals surface area contributed by atoms with Gasteiger partial charge in [0, 0.05) is 24.0 Å². The molecule has 1 aromatic carbocycles. The second kappa shape index (κ2) is 11.4. The number of hydrogen-bond donors (Lipinski definition) is 2. The van der Waals surface area contributed by atoms with Crippen molar-refractivity contribution in [3.63, 3.8) is 0 Å². The molecule has 0 aliphatic carbocycles. The van der Waals surface area contributed by atoms with Crippen LogP contribution < -0.4 is 10.9 Å². The third kappa shape index (κ3) is 6.24. The van der Waals surface area contributed by atoms with Crippen molar-refractivity contribution in [3.8, 4) is 11.5 Å². The summed E-state index contributed by atoms with van der Waals surface area (Å²) >= 11 is 0. The highest BCUT2D eigenvalue weighted by Gasteiger charge is 2.29. The molecule has 0 bridgehead atoms. The number of hydrogen-bond acceptors (Lipinski definition) is 8. The number of amides is 1. The molecule has 0 spiro atoms. The normalized spacial score (nSPS) is 12.3. The van der Waals surface area contributed by atoms with Gasteiger partial charge in [-0.3, -0.25) is 14.4 Å². The van der Waals surface area contributed by atoms with Crippen LogP contribution in [0.25, 0.3) is 22.5 Å². The summed E-state index contributed by atoms with van der Waals surface area (Å²) in [5.74, 6) is -3.48. The Morgan fingerprint density at radius 3 is 2.69 bits per heavy atom. The first-order chi connectivity index (χ1) is 20.0. The lowest BCUT2D eigenvalue weighted by molar-refractivity contribution is -0.155. The lowest BCUT2D eigenvalue weighted by Gasteiger charge is -2.21. The number of ether oxygens (including phenoxy) is 1. The highest BCUT2D eigenvalue weighted by Crippen LogP contribution is 2.28.